The summed E-state index contributed by atoms with van der Waals surface area (Å²) in [6.45, 7) is 4.04. The predicted molar refractivity (Wildman–Crippen MR) is 203 cm³/mol. The number of amides is 4. The number of benzene rings is 2. The second-order valence-corrected chi connectivity index (χ2v) is 14.3. The Morgan fingerprint density at radius 2 is 1.45 bits per heavy atom. The van der Waals surface area contributed by atoms with E-state index in [1.54, 1.807) is 23.6 Å². The van der Waals surface area contributed by atoms with Crippen LogP contribution in [0.2, 0.25) is 0 Å². The lowest BCUT2D eigenvalue weighted by atomic mass is 10.0. The van der Waals surface area contributed by atoms with E-state index in [2.05, 4.69) is 45.5 Å². The molecule has 0 aliphatic carbocycles. The van der Waals surface area contributed by atoms with E-state index in [0.717, 1.165) is 55.7 Å². The van der Waals surface area contributed by atoms with Gasteiger partial charge in [-0.2, -0.15) is 0 Å². The first-order chi connectivity index (χ1) is 26.9. The molecule has 1 atom stereocenters. The molecule has 0 saturated carbocycles. The number of nitrogens with one attached hydrogen (secondary N) is 1. The number of pyridine rings is 2. The van der Waals surface area contributed by atoms with Crippen molar-refractivity contribution in [2.24, 2.45) is 0 Å². The second-order valence-electron chi connectivity index (χ2n) is 13.3. The Morgan fingerprint density at radius 3 is 2.20 bits per heavy atom. The molecule has 282 valence electrons. The van der Waals surface area contributed by atoms with Gasteiger partial charge in [-0.3, -0.25) is 29.4 Å². The fourth-order valence-electron chi connectivity index (χ4n) is 6.80. The van der Waals surface area contributed by atoms with Crippen LogP contribution in [-0.4, -0.2) is 102 Å². The van der Waals surface area contributed by atoms with Gasteiger partial charge >= 0.3 is 0 Å². The maximum atomic E-state index is 13.0. The number of thiazole rings is 1. The highest BCUT2D eigenvalue weighted by Crippen LogP contribution is 2.34. The summed E-state index contributed by atoms with van der Waals surface area (Å²) in [5.41, 5.74) is 4.30. The molecule has 2 aromatic carbocycles. The lowest BCUT2D eigenvalue weighted by Gasteiger charge is -2.27. The second kappa shape index (κ2) is 16.3. The minimum atomic E-state index is -1.01. The molecular weight excluding hydrogens is 725 g/mol. The van der Waals surface area contributed by atoms with Crippen LogP contribution in [0.1, 0.15) is 46.4 Å². The van der Waals surface area contributed by atoms with Gasteiger partial charge in [-0.15, -0.1) is 11.3 Å². The Morgan fingerprint density at radius 1 is 0.727 bits per heavy atom. The number of ether oxygens (including phenoxy) is 4. The highest BCUT2D eigenvalue weighted by Gasteiger charge is 2.44. The minimum absolute atomic E-state index is 0.0617. The van der Waals surface area contributed by atoms with Crippen LogP contribution in [0.5, 0.6) is 11.6 Å². The molecule has 14 nitrogen and oxygen atoms in total. The van der Waals surface area contributed by atoms with Crippen LogP contribution < -0.4 is 19.7 Å². The molecule has 2 saturated heterocycles. The number of rotatable bonds is 15. The number of aromatic nitrogens is 3. The highest BCUT2D eigenvalue weighted by atomic mass is 32.1. The number of hydrogen-bond acceptors (Lipinski definition) is 13. The molecule has 55 heavy (non-hydrogen) atoms. The van der Waals surface area contributed by atoms with Crippen LogP contribution in [0.15, 0.2) is 73.1 Å². The molecule has 0 spiro atoms. The maximum Gasteiger partial charge on any atom is 0.262 e. The lowest BCUT2D eigenvalue weighted by molar-refractivity contribution is -0.136. The molecule has 0 bridgehead atoms. The summed E-state index contributed by atoms with van der Waals surface area (Å²) >= 11 is 1.66. The molecule has 4 amide bonds. The van der Waals surface area contributed by atoms with E-state index in [9.17, 15) is 19.2 Å². The van der Waals surface area contributed by atoms with Crippen molar-refractivity contribution in [3.63, 3.8) is 0 Å². The van der Waals surface area contributed by atoms with Gasteiger partial charge in [0.2, 0.25) is 17.7 Å². The minimum Gasteiger partial charge on any atom is -0.491 e. The average Bonchev–Trinajstić information content (AvgIpc) is 3.95. The molecule has 2 fully saturated rings. The summed E-state index contributed by atoms with van der Waals surface area (Å²) in [5.74, 6) is -0.291. The van der Waals surface area contributed by atoms with Crippen molar-refractivity contribution in [3.8, 4) is 33.3 Å². The molecule has 8 rings (SSSR count). The quantitative estimate of drug-likeness (QED) is 0.114. The van der Waals surface area contributed by atoms with Gasteiger partial charge < -0.3 is 23.8 Å². The van der Waals surface area contributed by atoms with Crippen molar-refractivity contribution >= 4 is 51.0 Å². The Labute approximate surface area is 320 Å². The molecule has 6 heterocycles. The van der Waals surface area contributed by atoms with Crippen LogP contribution >= 0.6 is 11.3 Å². The third-order valence-corrected chi connectivity index (χ3v) is 10.7. The van der Waals surface area contributed by atoms with Crippen molar-refractivity contribution in [2.75, 3.05) is 57.6 Å². The van der Waals surface area contributed by atoms with Gasteiger partial charge in [0, 0.05) is 49.1 Å². The van der Waals surface area contributed by atoms with Crippen LogP contribution in [0, 0.1) is 0 Å². The van der Waals surface area contributed by atoms with E-state index >= 15 is 0 Å². The van der Waals surface area contributed by atoms with E-state index in [4.69, 9.17) is 28.9 Å². The summed E-state index contributed by atoms with van der Waals surface area (Å²) in [5, 5.41) is 3.14. The fourth-order valence-corrected chi connectivity index (χ4v) is 7.73. The zero-order chi connectivity index (χ0) is 37.7. The normalized spacial score (nSPS) is 16.9. The largest absolute Gasteiger partial charge is 0.491 e. The molecular formula is C40H38N6O8S. The monoisotopic (exact) mass is 762 g/mol. The first kappa shape index (κ1) is 36.2. The number of imide groups is 2. The molecule has 15 heteroatoms. The fraction of sp³-hybridized carbons (Fsp3) is 0.325. The number of carbonyl (C=O) groups excluding carboxylic acids is 4. The number of nitrogens with zero attached hydrogens (tertiary/aromatic N) is 5. The van der Waals surface area contributed by atoms with Crippen molar-refractivity contribution in [3.05, 3.63) is 84.2 Å². The van der Waals surface area contributed by atoms with Crippen molar-refractivity contribution in [1.82, 2.24) is 25.2 Å². The third-order valence-electron chi connectivity index (χ3n) is 9.64. The molecule has 1 unspecified atom stereocenters. The molecule has 5 aromatic rings. The highest BCUT2D eigenvalue weighted by molar-refractivity contribution is 7.21. The van der Waals surface area contributed by atoms with Crippen LogP contribution in [0.3, 0.4) is 0 Å². The summed E-state index contributed by atoms with van der Waals surface area (Å²) in [4.78, 5) is 66.9. The van der Waals surface area contributed by atoms with Gasteiger partial charge in [0.25, 0.3) is 11.8 Å². The smallest absolute Gasteiger partial charge is 0.262 e. The number of hydrogen-bond donors (Lipinski definition) is 1. The van der Waals surface area contributed by atoms with Gasteiger partial charge in [0.1, 0.15) is 35.8 Å². The van der Waals surface area contributed by atoms with Crippen molar-refractivity contribution in [1.29, 1.82) is 0 Å². The van der Waals surface area contributed by atoms with Gasteiger partial charge in [0.05, 0.1) is 47.8 Å². The summed E-state index contributed by atoms with van der Waals surface area (Å²) < 4.78 is 23.8. The van der Waals surface area contributed by atoms with E-state index in [-0.39, 0.29) is 37.2 Å². The Bertz CT molecular complexity index is 2220. The Hall–Kier alpha value is -5.77. The zero-order valence-electron chi connectivity index (χ0n) is 29.9. The number of carbonyl (C=O) groups is 4. The standard InChI is InChI=1S/C40H38N6O8S/c47-35-11-8-32(37(48)44-35)46-39(49)29-7-6-28(22-30(29)40(46)50)53-19-17-51-15-16-52-18-20-54-36-12-5-26(23-42-36)25-3-9-33-31(21-25)43-38(55-33)27-4-10-34(41-24-27)45-13-1-2-14-45/h3-7,9-10,12,21-24,32H,1-2,8,11,13-20H2,(H,44,47,48). The lowest BCUT2D eigenvalue weighted by Crippen LogP contribution is -2.54. The number of fused-ring (bicyclic) bond motifs is 2. The van der Waals surface area contributed by atoms with Gasteiger partial charge in [-0.25, -0.2) is 15.0 Å². The first-order valence-corrected chi connectivity index (χ1v) is 19.1. The summed E-state index contributed by atoms with van der Waals surface area (Å²) in [6, 6.07) is 17.8. The molecule has 3 aliphatic rings. The van der Waals surface area contributed by atoms with E-state index in [1.807, 2.05) is 18.3 Å². The van der Waals surface area contributed by atoms with Crippen LogP contribution in [0.25, 0.3) is 31.9 Å². The third kappa shape index (κ3) is 8.04. The van der Waals surface area contributed by atoms with Crippen molar-refractivity contribution < 1.29 is 38.1 Å². The van der Waals surface area contributed by atoms with Crippen molar-refractivity contribution in [2.45, 2.75) is 31.7 Å². The average molecular weight is 763 g/mol. The molecule has 0 radical (unpaired) electrons. The van der Waals surface area contributed by atoms with Gasteiger partial charge in [0.15, 0.2) is 0 Å². The predicted octanol–water partition coefficient (Wildman–Crippen LogP) is 4.91. The Balaban J connectivity index is 0.722. The number of piperidine rings is 1. The number of anilines is 1. The summed E-state index contributed by atoms with van der Waals surface area (Å²) in [7, 11) is 0. The summed E-state index contributed by atoms with van der Waals surface area (Å²) in [6.07, 6.45) is 6.32. The van der Waals surface area contributed by atoms with E-state index in [0.29, 0.717) is 38.1 Å². The maximum absolute atomic E-state index is 13.0. The Kier molecular flexibility index (Phi) is 10.7. The van der Waals surface area contributed by atoms with Gasteiger partial charge in [-0.05, 0) is 73.4 Å². The van der Waals surface area contributed by atoms with Crippen LogP contribution in [0.4, 0.5) is 5.82 Å². The zero-order valence-corrected chi connectivity index (χ0v) is 30.7. The topological polar surface area (TPSA) is 162 Å². The van der Waals surface area contributed by atoms with E-state index < -0.39 is 29.7 Å². The molecule has 3 aromatic heterocycles. The molecule has 1 N–H and O–H groups in total. The SMILES string of the molecule is O=C1CCC(N2C(=O)c3ccc(OCCOCCOCCOc4ccc(-c5ccc6sc(-c7ccc(N8CCCC8)nc7)nc6c5)cn4)cc3C2=O)C(=O)N1. The van der Waals surface area contributed by atoms with Gasteiger partial charge in [-0.1, -0.05) is 6.07 Å². The molecule has 3 aliphatic heterocycles. The van der Waals surface area contributed by atoms with Crippen LogP contribution in [-0.2, 0) is 19.1 Å². The van der Waals surface area contributed by atoms with E-state index in [1.165, 1.54) is 25.0 Å². The first-order valence-electron chi connectivity index (χ1n) is 18.3.